The molecule has 2 rings (SSSR count). The van der Waals surface area contributed by atoms with E-state index in [0.29, 0.717) is 49.1 Å². The van der Waals surface area contributed by atoms with Gasteiger partial charge >= 0.3 is 5.69 Å². The first kappa shape index (κ1) is 25.8. The summed E-state index contributed by atoms with van der Waals surface area (Å²) in [6.45, 7) is 16.1. The highest BCUT2D eigenvalue weighted by molar-refractivity contribution is 5.76. The molecule has 9 heteroatoms. The number of likely N-dealkylation sites (N-methyl/N-ethyl adjacent to an activating group) is 1. The Labute approximate surface area is 190 Å². The van der Waals surface area contributed by atoms with Crippen LogP contribution in [-0.2, 0) is 24.3 Å². The molecule has 0 bridgehead atoms. The van der Waals surface area contributed by atoms with Crippen molar-refractivity contribution in [2.24, 2.45) is 5.92 Å². The second-order valence-electron chi connectivity index (χ2n) is 9.04. The summed E-state index contributed by atoms with van der Waals surface area (Å²) in [7, 11) is 0. The van der Waals surface area contributed by atoms with Gasteiger partial charge in [0.1, 0.15) is 5.82 Å². The molecule has 2 aromatic rings. The van der Waals surface area contributed by atoms with Crippen LogP contribution in [0.4, 0.5) is 0 Å². The lowest BCUT2D eigenvalue weighted by Crippen LogP contribution is -2.38. The number of aromatic nitrogens is 4. The van der Waals surface area contributed by atoms with Gasteiger partial charge in [0.05, 0.1) is 0 Å². The Balaban J connectivity index is 2.23. The summed E-state index contributed by atoms with van der Waals surface area (Å²) in [4.78, 5) is 46.9. The Hall–Kier alpha value is -2.42. The molecular formula is C23H40N6O3. The van der Waals surface area contributed by atoms with Gasteiger partial charge in [-0.1, -0.05) is 34.1 Å². The number of carbonyl (C=O) groups is 1. The normalized spacial score (nSPS) is 11.9. The zero-order chi connectivity index (χ0) is 23.8. The first-order chi connectivity index (χ1) is 15.2. The van der Waals surface area contributed by atoms with E-state index in [9.17, 15) is 14.4 Å². The third-order valence-electron chi connectivity index (χ3n) is 5.68. The number of nitrogens with zero attached hydrogens (tertiary/aromatic N) is 4. The molecule has 0 saturated heterocycles. The summed E-state index contributed by atoms with van der Waals surface area (Å²) >= 11 is 0. The minimum absolute atomic E-state index is 0.0368. The molecule has 2 heterocycles. The van der Waals surface area contributed by atoms with E-state index in [1.165, 1.54) is 0 Å². The highest BCUT2D eigenvalue weighted by Gasteiger charge is 2.19. The van der Waals surface area contributed by atoms with Crippen molar-refractivity contribution in [3.8, 4) is 0 Å². The number of aromatic amines is 1. The number of amides is 1. The minimum Gasteiger partial charge on any atom is -0.355 e. The van der Waals surface area contributed by atoms with Crippen molar-refractivity contribution in [1.29, 1.82) is 0 Å². The number of hydrogen-bond acceptors (Lipinski definition) is 5. The van der Waals surface area contributed by atoms with E-state index >= 15 is 0 Å². The largest absolute Gasteiger partial charge is 0.355 e. The zero-order valence-electron chi connectivity index (χ0n) is 20.5. The van der Waals surface area contributed by atoms with Crippen LogP contribution in [0.15, 0.2) is 9.59 Å². The van der Waals surface area contributed by atoms with Gasteiger partial charge in [-0.3, -0.25) is 24.0 Å². The van der Waals surface area contributed by atoms with Crippen LogP contribution >= 0.6 is 0 Å². The number of hydrogen-bond donors (Lipinski definition) is 2. The fourth-order valence-corrected chi connectivity index (χ4v) is 3.93. The van der Waals surface area contributed by atoms with E-state index in [-0.39, 0.29) is 18.2 Å². The molecule has 0 spiro atoms. The lowest BCUT2D eigenvalue weighted by Gasteiger charge is -2.24. The molecule has 180 valence electrons. The fraction of sp³-hybridized carbons (Fsp3) is 0.739. The van der Waals surface area contributed by atoms with E-state index < -0.39 is 11.2 Å². The molecule has 2 aromatic heterocycles. The maximum atomic E-state index is 12.7. The summed E-state index contributed by atoms with van der Waals surface area (Å²) in [6, 6.07) is 0.441. The molecule has 0 atom stereocenters. The third kappa shape index (κ3) is 6.54. The molecule has 0 aliphatic heterocycles. The second kappa shape index (κ2) is 12.0. The average Bonchev–Trinajstić information content (AvgIpc) is 3.07. The van der Waals surface area contributed by atoms with E-state index in [1.807, 2.05) is 4.57 Å². The molecule has 0 saturated carbocycles. The van der Waals surface area contributed by atoms with Gasteiger partial charge in [0.25, 0.3) is 5.56 Å². The minimum atomic E-state index is -0.430. The van der Waals surface area contributed by atoms with Gasteiger partial charge in [0.15, 0.2) is 11.2 Å². The summed E-state index contributed by atoms with van der Waals surface area (Å²) in [5.74, 6) is 0.916. The topological polar surface area (TPSA) is 105 Å². The zero-order valence-corrected chi connectivity index (χ0v) is 20.5. The molecule has 0 aliphatic rings. The van der Waals surface area contributed by atoms with E-state index in [1.54, 1.807) is 4.57 Å². The van der Waals surface area contributed by atoms with Crippen LogP contribution in [0.25, 0.3) is 11.2 Å². The Bertz CT molecular complexity index is 1000. The molecule has 0 aliphatic carbocycles. The number of carbonyl (C=O) groups excluding carboxylic acids is 1. The number of rotatable bonds is 13. The van der Waals surface area contributed by atoms with Crippen LogP contribution in [0.1, 0.15) is 66.6 Å². The average molecular weight is 449 g/mol. The molecule has 0 aromatic carbocycles. The molecule has 0 unspecified atom stereocenters. The predicted octanol–water partition coefficient (Wildman–Crippen LogP) is 2.12. The van der Waals surface area contributed by atoms with Gasteiger partial charge in [-0.05, 0) is 32.7 Å². The molecule has 1 amide bonds. The lowest BCUT2D eigenvalue weighted by molar-refractivity contribution is -0.121. The van der Waals surface area contributed by atoms with E-state index in [4.69, 9.17) is 0 Å². The van der Waals surface area contributed by atoms with Crippen LogP contribution in [-0.4, -0.2) is 55.6 Å². The van der Waals surface area contributed by atoms with Crippen molar-refractivity contribution in [3.05, 3.63) is 26.7 Å². The highest BCUT2D eigenvalue weighted by Crippen LogP contribution is 2.16. The SMILES string of the molecule is CCCCn1c(=O)[nH]c(=O)c2c1nc(CCC(=O)NCCN(CC)C(C)C)n2CC(C)C. The van der Waals surface area contributed by atoms with Crippen LogP contribution in [0.5, 0.6) is 0 Å². The molecule has 9 nitrogen and oxygen atoms in total. The number of nitrogens with one attached hydrogen (secondary N) is 2. The van der Waals surface area contributed by atoms with Crippen LogP contribution in [0.2, 0.25) is 0 Å². The molecular weight excluding hydrogens is 408 g/mol. The quantitative estimate of drug-likeness (QED) is 0.488. The molecule has 32 heavy (non-hydrogen) atoms. The van der Waals surface area contributed by atoms with Crippen LogP contribution < -0.4 is 16.6 Å². The summed E-state index contributed by atoms with van der Waals surface area (Å²) in [5, 5.41) is 2.99. The number of aryl methyl sites for hydroxylation is 2. The van der Waals surface area contributed by atoms with Crippen molar-refractivity contribution >= 4 is 17.1 Å². The molecule has 0 fully saturated rings. The Morgan fingerprint density at radius 1 is 1.16 bits per heavy atom. The third-order valence-corrected chi connectivity index (χ3v) is 5.68. The Morgan fingerprint density at radius 2 is 1.88 bits per heavy atom. The number of unbranched alkanes of at least 4 members (excludes halogenated alkanes) is 1. The number of H-pyrrole nitrogens is 1. The van der Waals surface area contributed by atoms with Gasteiger partial charge in [-0.25, -0.2) is 9.78 Å². The van der Waals surface area contributed by atoms with Gasteiger partial charge in [0.2, 0.25) is 5.91 Å². The molecule has 0 radical (unpaired) electrons. The van der Waals surface area contributed by atoms with Gasteiger partial charge < -0.3 is 9.88 Å². The summed E-state index contributed by atoms with van der Waals surface area (Å²) in [5.41, 5.74) is -0.0193. The Morgan fingerprint density at radius 3 is 2.47 bits per heavy atom. The summed E-state index contributed by atoms with van der Waals surface area (Å²) < 4.78 is 3.43. The van der Waals surface area contributed by atoms with Crippen molar-refractivity contribution in [1.82, 2.24) is 29.3 Å². The van der Waals surface area contributed by atoms with Gasteiger partial charge in [-0.2, -0.15) is 0 Å². The standard InChI is InChI=1S/C23H40N6O3/c1-7-9-13-28-21-20(22(31)26-23(28)32)29(15-16(3)4)18(25-21)10-11-19(30)24-12-14-27(8-2)17(5)6/h16-17H,7-15H2,1-6H3,(H,24,30)(H,26,31,32). The smallest absolute Gasteiger partial charge is 0.330 e. The highest BCUT2D eigenvalue weighted by atomic mass is 16.2. The van der Waals surface area contributed by atoms with Crippen LogP contribution in [0, 0.1) is 5.92 Å². The van der Waals surface area contributed by atoms with Crippen molar-refractivity contribution in [2.75, 3.05) is 19.6 Å². The molecule has 2 N–H and O–H groups in total. The summed E-state index contributed by atoms with van der Waals surface area (Å²) in [6.07, 6.45) is 2.45. The lowest BCUT2D eigenvalue weighted by atomic mass is 10.2. The van der Waals surface area contributed by atoms with Crippen molar-refractivity contribution < 1.29 is 4.79 Å². The van der Waals surface area contributed by atoms with E-state index in [2.05, 4.69) is 61.7 Å². The number of imidazole rings is 1. The van der Waals surface area contributed by atoms with Crippen molar-refractivity contribution in [2.45, 2.75) is 86.4 Å². The maximum Gasteiger partial charge on any atom is 0.330 e. The first-order valence-electron chi connectivity index (χ1n) is 11.9. The van der Waals surface area contributed by atoms with E-state index in [0.717, 1.165) is 25.9 Å². The first-order valence-corrected chi connectivity index (χ1v) is 11.9. The van der Waals surface area contributed by atoms with Crippen LogP contribution in [0.3, 0.4) is 0 Å². The Kier molecular flexibility index (Phi) is 9.68. The monoisotopic (exact) mass is 448 g/mol. The second-order valence-corrected chi connectivity index (χ2v) is 9.04. The predicted molar refractivity (Wildman–Crippen MR) is 128 cm³/mol. The van der Waals surface area contributed by atoms with Crippen molar-refractivity contribution in [3.63, 3.8) is 0 Å². The number of fused-ring (bicyclic) bond motifs is 1. The fourth-order valence-electron chi connectivity index (χ4n) is 3.93. The van der Waals surface area contributed by atoms with Gasteiger partial charge in [-0.15, -0.1) is 0 Å². The maximum absolute atomic E-state index is 12.7. The van der Waals surface area contributed by atoms with Gasteiger partial charge in [0, 0.05) is 45.1 Å².